The van der Waals surface area contributed by atoms with Crippen molar-refractivity contribution < 1.29 is 22.0 Å². The summed E-state index contributed by atoms with van der Waals surface area (Å²) in [7, 11) is -3.98. The van der Waals surface area contributed by atoms with Gasteiger partial charge in [-0.15, -0.1) is 0 Å². The summed E-state index contributed by atoms with van der Waals surface area (Å²) in [6.07, 6.45) is -0.962. The Morgan fingerprint density at radius 2 is 2.09 bits per heavy atom. The molecular weight excluding hydrogens is 314 g/mol. The van der Waals surface area contributed by atoms with Crippen molar-refractivity contribution in [1.29, 1.82) is 5.26 Å². The Labute approximate surface area is 127 Å². The quantitative estimate of drug-likeness (QED) is 0.915. The van der Waals surface area contributed by atoms with Crippen LogP contribution in [0, 0.1) is 24.2 Å². The van der Waals surface area contributed by atoms with Gasteiger partial charge in [-0.2, -0.15) is 5.26 Å². The fraction of sp³-hybridized carbons (Fsp3) is 0.429. The number of aryl methyl sites for hydroxylation is 1. The third-order valence-corrected chi connectivity index (χ3v) is 4.90. The molecule has 5 nitrogen and oxygen atoms in total. The Bertz CT molecular complexity index is 746. The Morgan fingerprint density at radius 1 is 1.45 bits per heavy atom. The van der Waals surface area contributed by atoms with Crippen molar-refractivity contribution in [2.45, 2.75) is 25.7 Å². The highest BCUT2D eigenvalue weighted by atomic mass is 32.2. The maximum Gasteiger partial charge on any atom is 0.264 e. The second kappa shape index (κ2) is 5.65. The largest absolute Gasteiger partial charge is 0.268 e. The number of amides is 1. The zero-order chi connectivity index (χ0) is 16.5. The van der Waals surface area contributed by atoms with Crippen LogP contribution < -0.4 is 4.72 Å². The molecule has 0 radical (unpaired) electrons. The molecule has 0 unspecified atom stereocenters. The second-order valence-corrected chi connectivity index (χ2v) is 7.25. The summed E-state index contributed by atoms with van der Waals surface area (Å²) in [6.45, 7) is 1.69. The molecular formula is C14H14F2N2O3S. The van der Waals surface area contributed by atoms with Gasteiger partial charge >= 0.3 is 0 Å². The monoisotopic (exact) mass is 328 g/mol. The first kappa shape index (κ1) is 16.4. The molecule has 1 aromatic carbocycles. The van der Waals surface area contributed by atoms with Crippen LogP contribution in [0.3, 0.4) is 0 Å². The van der Waals surface area contributed by atoms with E-state index in [-0.39, 0.29) is 11.1 Å². The van der Waals surface area contributed by atoms with Crippen molar-refractivity contribution in [3.8, 4) is 6.07 Å². The molecule has 0 bridgehead atoms. The van der Waals surface area contributed by atoms with Gasteiger partial charge in [0.2, 0.25) is 15.9 Å². The number of nitrogens with zero attached hydrogens (tertiary/aromatic N) is 1. The standard InChI is InChI=1S/C14H14F2N2O3S/c1-9-2-3-11(4-12(9)7-17)13(19)18-22(20,21)8-10-5-14(15,16)6-10/h2-4,10H,5-6,8H2,1H3,(H,18,19). The van der Waals surface area contributed by atoms with Crippen LogP contribution in [0.1, 0.15) is 34.3 Å². The molecule has 0 aromatic heterocycles. The van der Waals surface area contributed by atoms with E-state index in [1.165, 1.54) is 18.2 Å². The van der Waals surface area contributed by atoms with Crippen molar-refractivity contribution >= 4 is 15.9 Å². The average Bonchev–Trinajstić information content (AvgIpc) is 2.35. The van der Waals surface area contributed by atoms with Crippen molar-refractivity contribution in [1.82, 2.24) is 4.72 Å². The molecule has 1 aliphatic rings. The number of nitrogens with one attached hydrogen (secondary N) is 1. The molecule has 0 aliphatic heterocycles. The summed E-state index contributed by atoms with van der Waals surface area (Å²) < 4.78 is 50.9. The Kier molecular flexibility index (Phi) is 4.20. The number of hydrogen-bond donors (Lipinski definition) is 1. The third kappa shape index (κ3) is 3.80. The summed E-state index contributed by atoms with van der Waals surface area (Å²) >= 11 is 0. The molecule has 1 aliphatic carbocycles. The molecule has 2 rings (SSSR count). The average molecular weight is 328 g/mol. The number of rotatable bonds is 4. The van der Waals surface area contributed by atoms with Crippen LogP contribution in [-0.4, -0.2) is 26.0 Å². The number of carbonyl (C=O) groups is 1. The van der Waals surface area contributed by atoms with Crippen molar-refractivity contribution in [2.24, 2.45) is 5.92 Å². The zero-order valence-corrected chi connectivity index (χ0v) is 12.6. The van der Waals surface area contributed by atoms with E-state index in [2.05, 4.69) is 0 Å². The summed E-state index contributed by atoms with van der Waals surface area (Å²) in [5.41, 5.74) is 0.965. The molecule has 1 fully saturated rings. The van der Waals surface area contributed by atoms with Crippen molar-refractivity contribution in [3.05, 3.63) is 34.9 Å². The summed E-state index contributed by atoms with van der Waals surface area (Å²) in [5.74, 6) is -4.83. The molecule has 1 amide bonds. The molecule has 1 saturated carbocycles. The highest BCUT2D eigenvalue weighted by molar-refractivity contribution is 7.90. The molecule has 8 heteroatoms. The van der Waals surface area contributed by atoms with Gasteiger partial charge in [-0.25, -0.2) is 21.9 Å². The van der Waals surface area contributed by atoms with Crippen molar-refractivity contribution in [3.63, 3.8) is 0 Å². The number of carbonyl (C=O) groups excluding carboxylic acids is 1. The van der Waals surface area contributed by atoms with Crippen LogP contribution >= 0.6 is 0 Å². The lowest BCUT2D eigenvalue weighted by atomic mass is 9.83. The van der Waals surface area contributed by atoms with Crippen LogP contribution in [0.5, 0.6) is 0 Å². The van der Waals surface area contributed by atoms with Crippen LogP contribution in [-0.2, 0) is 10.0 Å². The van der Waals surface area contributed by atoms with Crippen LogP contribution in [0.15, 0.2) is 18.2 Å². The van der Waals surface area contributed by atoms with E-state index in [0.29, 0.717) is 5.56 Å². The van der Waals surface area contributed by atoms with Gasteiger partial charge in [0, 0.05) is 18.4 Å². The Balaban J connectivity index is 2.04. The fourth-order valence-corrected chi connectivity index (χ4v) is 3.68. The number of sulfonamides is 1. The third-order valence-electron chi connectivity index (χ3n) is 3.50. The minimum absolute atomic E-state index is 0.0321. The molecule has 22 heavy (non-hydrogen) atoms. The van der Waals surface area contributed by atoms with E-state index in [4.69, 9.17) is 5.26 Å². The molecule has 1 aromatic rings. The summed E-state index contributed by atoms with van der Waals surface area (Å²) in [6, 6.07) is 6.13. The topological polar surface area (TPSA) is 87.0 Å². The van der Waals surface area contributed by atoms with Crippen LogP contribution in [0.2, 0.25) is 0 Å². The normalized spacial score (nSPS) is 17.4. The van der Waals surface area contributed by atoms with Gasteiger partial charge < -0.3 is 0 Å². The van der Waals surface area contributed by atoms with Gasteiger partial charge in [0.05, 0.1) is 17.4 Å². The van der Waals surface area contributed by atoms with Gasteiger partial charge in [0.25, 0.3) is 5.91 Å². The highest BCUT2D eigenvalue weighted by Crippen LogP contribution is 2.42. The number of alkyl halides is 2. The lowest BCUT2D eigenvalue weighted by Gasteiger charge is -2.34. The predicted molar refractivity (Wildman–Crippen MR) is 74.8 cm³/mol. The first-order valence-corrected chi connectivity index (χ1v) is 8.20. The van der Waals surface area contributed by atoms with Crippen LogP contribution in [0.25, 0.3) is 0 Å². The Hall–Kier alpha value is -2.01. The minimum Gasteiger partial charge on any atom is -0.268 e. The molecule has 118 valence electrons. The first-order valence-electron chi connectivity index (χ1n) is 6.55. The summed E-state index contributed by atoms with van der Waals surface area (Å²) in [4.78, 5) is 11.9. The number of halogens is 2. The fourth-order valence-electron chi connectivity index (χ4n) is 2.34. The van der Waals surface area contributed by atoms with E-state index in [1.54, 1.807) is 6.92 Å². The molecule has 1 N–H and O–H groups in total. The number of benzene rings is 1. The van der Waals surface area contributed by atoms with Crippen molar-refractivity contribution in [2.75, 3.05) is 5.75 Å². The van der Waals surface area contributed by atoms with E-state index in [1.807, 2.05) is 10.8 Å². The predicted octanol–water partition coefficient (Wildman–Crippen LogP) is 1.97. The van der Waals surface area contributed by atoms with Crippen LogP contribution in [0.4, 0.5) is 8.78 Å². The highest BCUT2D eigenvalue weighted by Gasteiger charge is 2.46. The zero-order valence-electron chi connectivity index (χ0n) is 11.8. The van der Waals surface area contributed by atoms with Gasteiger partial charge in [0.1, 0.15) is 0 Å². The number of nitriles is 1. The summed E-state index contributed by atoms with van der Waals surface area (Å²) in [5, 5.41) is 8.89. The number of hydrogen-bond acceptors (Lipinski definition) is 4. The maximum atomic E-state index is 12.7. The van der Waals surface area contributed by atoms with Gasteiger partial charge in [-0.1, -0.05) is 6.07 Å². The van der Waals surface area contributed by atoms with Gasteiger partial charge in [-0.05, 0) is 30.5 Å². The Morgan fingerprint density at radius 3 is 2.64 bits per heavy atom. The van der Waals surface area contributed by atoms with E-state index >= 15 is 0 Å². The minimum atomic E-state index is -3.98. The lowest BCUT2D eigenvalue weighted by molar-refractivity contribution is -0.103. The van der Waals surface area contributed by atoms with E-state index in [9.17, 15) is 22.0 Å². The maximum absolute atomic E-state index is 12.7. The molecule has 0 atom stereocenters. The van der Waals surface area contributed by atoms with E-state index < -0.39 is 46.4 Å². The molecule has 0 saturated heterocycles. The second-order valence-electron chi connectivity index (χ2n) is 5.48. The molecule has 0 heterocycles. The van der Waals surface area contributed by atoms with Gasteiger partial charge in [-0.3, -0.25) is 4.79 Å². The van der Waals surface area contributed by atoms with Gasteiger partial charge in [0.15, 0.2) is 0 Å². The van der Waals surface area contributed by atoms with E-state index in [0.717, 1.165) is 0 Å². The smallest absolute Gasteiger partial charge is 0.264 e. The molecule has 0 spiro atoms. The SMILES string of the molecule is Cc1ccc(C(=O)NS(=O)(=O)CC2CC(F)(F)C2)cc1C#N. The first-order chi connectivity index (χ1) is 10.1. The lowest BCUT2D eigenvalue weighted by Crippen LogP contribution is -2.43.